The molecule has 3 nitrogen and oxygen atoms in total. The van der Waals surface area contributed by atoms with E-state index in [2.05, 4.69) is 22.4 Å². The molecule has 1 N–H and O–H groups in total. The third-order valence-corrected chi connectivity index (χ3v) is 4.57. The summed E-state index contributed by atoms with van der Waals surface area (Å²) in [6.45, 7) is 2.03. The Bertz CT molecular complexity index is 387. The van der Waals surface area contributed by atoms with Gasteiger partial charge < -0.3 is 10.1 Å². The van der Waals surface area contributed by atoms with Gasteiger partial charge in [-0.3, -0.25) is 4.98 Å². The van der Waals surface area contributed by atoms with Gasteiger partial charge in [0.05, 0.1) is 11.7 Å². The van der Waals surface area contributed by atoms with Gasteiger partial charge >= 0.3 is 0 Å². The number of aromatic nitrogens is 1. The Hall–Kier alpha value is -0.930. The molecule has 0 amide bonds. The Morgan fingerprint density at radius 2 is 2.00 bits per heavy atom. The highest BCUT2D eigenvalue weighted by atomic mass is 16.5. The van der Waals surface area contributed by atoms with E-state index in [-0.39, 0.29) is 5.60 Å². The topological polar surface area (TPSA) is 34.1 Å². The maximum absolute atomic E-state index is 6.29. The summed E-state index contributed by atoms with van der Waals surface area (Å²) in [4.78, 5) is 4.04. The molecule has 1 aromatic rings. The van der Waals surface area contributed by atoms with Crippen molar-refractivity contribution >= 4 is 0 Å². The second-order valence-corrected chi connectivity index (χ2v) is 5.98. The molecule has 2 fully saturated rings. The molecule has 1 spiro atoms. The lowest BCUT2D eigenvalue weighted by atomic mass is 9.98. The van der Waals surface area contributed by atoms with Crippen molar-refractivity contribution in [2.24, 2.45) is 0 Å². The van der Waals surface area contributed by atoms with Crippen molar-refractivity contribution in [3.63, 3.8) is 0 Å². The largest absolute Gasteiger partial charge is 0.370 e. The standard InChI is InChI=1S/C16H24N2O/c1-2-8-16(7-1)9-3-15(19-16)13-18-12-6-14-4-10-17-11-5-14/h4-5,10-11,15,18H,1-3,6-9,12-13H2. The predicted molar refractivity (Wildman–Crippen MR) is 76.1 cm³/mol. The highest BCUT2D eigenvalue weighted by Gasteiger charge is 2.41. The minimum absolute atomic E-state index is 0.275. The van der Waals surface area contributed by atoms with Gasteiger partial charge in [-0.05, 0) is 56.3 Å². The third-order valence-electron chi connectivity index (χ3n) is 4.57. The van der Waals surface area contributed by atoms with Crippen LogP contribution in [0.5, 0.6) is 0 Å². The second-order valence-electron chi connectivity index (χ2n) is 5.98. The molecule has 19 heavy (non-hydrogen) atoms. The zero-order valence-electron chi connectivity index (χ0n) is 11.6. The van der Waals surface area contributed by atoms with E-state index in [4.69, 9.17) is 4.74 Å². The van der Waals surface area contributed by atoms with E-state index in [0.717, 1.165) is 19.5 Å². The smallest absolute Gasteiger partial charge is 0.0708 e. The molecular formula is C16H24N2O. The molecule has 2 heterocycles. The number of hydrogen-bond acceptors (Lipinski definition) is 3. The average Bonchev–Trinajstić information content (AvgIpc) is 3.07. The Morgan fingerprint density at radius 3 is 2.79 bits per heavy atom. The lowest BCUT2D eigenvalue weighted by molar-refractivity contribution is -0.0349. The van der Waals surface area contributed by atoms with Crippen LogP contribution in [0.25, 0.3) is 0 Å². The van der Waals surface area contributed by atoms with Crippen molar-refractivity contribution in [3.8, 4) is 0 Å². The van der Waals surface area contributed by atoms with E-state index in [1.165, 1.54) is 44.1 Å². The van der Waals surface area contributed by atoms with Crippen LogP contribution in [0.3, 0.4) is 0 Å². The van der Waals surface area contributed by atoms with E-state index in [0.29, 0.717) is 6.10 Å². The lowest BCUT2D eigenvalue weighted by Gasteiger charge is -2.23. The molecule has 1 aromatic heterocycles. The van der Waals surface area contributed by atoms with Gasteiger partial charge in [0.2, 0.25) is 0 Å². The van der Waals surface area contributed by atoms with Crippen molar-refractivity contribution < 1.29 is 4.74 Å². The zero-order chi connectivity index (χ0) is 13.0. The van der Waals surface area contributed by atoms with Crippen molar-refractivity contribution in [2.45, 2.75) is 56.7 Å². The summed E-state index contributed by atoms with van der Waals surface area (Å²) in [5.74, 6) is 0. The van der Waals surface area contributed by atoms with Gasteiger partial charge in [-0.25, -0.2) is 0 Å². The summed E-state index contributed by atoms with van der Waals surface area (Å²) in [5, 5.41) is 3.54. The fraction of sp³-hybridized carbons (Fsp3) is 0.688. The van der Waals surface area contributed by atoms with E-state index in [1.54, 1.807) is 0 Å². The molecule has 1 unspecified atom stereocenters. The summed E-state index contributed by atoms with van der Waals surface area (Å²) in [5.41, 5.74) is 1.62. The SMILES string of the molecule is c1cc(CCNCC2CCC3(CCCC3)O2)ccn1. The monoisotopic (exact) mass is 260 g/mol. The van der Waals surface area contributed by atoms with Gasteiger partial charge in [0.25, 0.3) is 0 Å². The zero-order valence-corrected chi connectivity index (χ0v) is 11.6. The minimum Gasteiger partial charge on any atom is -0.370 e. The van der Waals surface area contributed by atoms with Gasteiger partial charge in [0, 0.05) is 18.9 Å². The van der Waals surface area contributed by atoms with Gasteiger partial charge in [-0.15, -0.1) is 0 Å². The van der Waals surface area contributed by atoms with Crippen LogP contribution in [0, 0.1) is 0 Å². The van der Waals surface area contributed by atoms with Gasteiger partial charge in [-0.1, -0.05) is 12.8 Å². The van der Waals surface area contributed by atoms with E-state index in [1.807, 2.05) is 12.4 Å². The molecule has 2 aliphatic rings. The first kappa shape index (κ1) is 13.1. The summed E-state index contributed by atoms with van der Waals surface area (Å²) in [7, 11) is 0. The Balaban J connectivity index is 1.35. The van der Waals surface area contributed by atoms with Gasteiger partial charge in [0.15, 0.2) is 0 Å². The van der Waals surface area contributed by atoms with Crippen LogP contribution >= 0.6 is 0 Å². The minimum atomic E-state index is 0.275. The van der Waals surface area contributed by atoms with E-state index < -0.39 is 0 Å². The third kappa shape index (κ3) is 3.34. The molecule has 1 aliphatic carbocycles. The normalized spacial score (nSPS) is 25.2. The van der Waals surface area contributed by atoms with Crippen LogP contribution in [0.15, 0.2) is 24.5 Å². The fourth-order valence-electron chi connectivity index (χ4n) is 3.47. The molecule has 3 rings (SSSR count). The van der Waals surface area contributed by atoms with Crippen LogP contribution in [0.4, 0.5) is 0 Å². The molecule has 0 aromatic carbocycles. The molecule has 0 radical (unpaired) electrons. The van der Waals surface area contributed by atoms with E-state index in [9.17, 15) is 0 Å². The number of rotatable bonds is 5. The molecule has 1 atom stereocenters. The molecule has 1 saturated carbocycles. The summed E-state index contributed by atoms with van der Waals surface area (Å²) in [6, 6.07) is 4.17. The molecule has 0 bridgehead atoms. The number of pyridine rings is 1. The van der Waals surface area contributed by atoms with Crippen molar-refractivity contribution in [2.75, 3.05) is 13.1 Å². The van der Waals surface area contributed by atoms with Crippen LogP contribution in [-0.2, 0) is 11.2 Å². The molecule has 1 aliphatic heterocycles. The van der Waals surface area contributed by atoms with E-state index >= 15 is 0 Å². The quantitative estimate of drug-likeness (QED) is 0.827. The van der Waals surface area contributed by atoms with Crippen molar-refractivity contribution in [1.82, 2.24) is 10.3 Å². The Kier molecular flexibility index (Phi) is 4.14. The lowest BCUT2D eigenvalue weighted by Crippen LogP contribution is -2.31. The van der Waals surface area contributed by atoms with Gasteiger partial charge in [-0.2, -0.15) is 0 Å². The van der Waals surface area contributed by atoms with Crippen LogP contribution in [-0.4, -0.2) is 29.8 Å². The van der Waals surface area contributed by atoms with Crippen molar-refractivity contribution in [1.29, 1.82) is 0 Å². The molecule has 3 heteroatoms. The number of ether oxygens (including phenoxy) is 1. The predicted octanol–water partition coefficient (Wildman–Crippen LogP) is 2.71. The second kappa shape index (κ2) is 6.02. The van der Waals surface area contributed by atoms with Crippen LogP contribution in [0.2, 0.25) is 0 Å². The Morgan fingerprint density at radius 1 is 1.21 bits per heavy atom. The number of hydrogen-bond donors (Lipinski definition) is 1. The van der Waals surface area contributed by atoms with Crippen LogP contribution in [0.1, 0.15) is 44.1 Å². The highest BCUT2D eigenvalue weighted by molar-refractivity contribution is 5.09. The maximum atomic E-state index is 6.29. The highest BCUT2D eigenvalue weighted by Crippen LogP contribution is 2.43. The number of nitrogens with one attached hydrogen (secondary N) is 1. The fourth-order valence-corrected chi connectivity index (χ4v) is 3.47. The van der Waals surface area contributed by atoms with Crippen LogP contribution < -0.4 is 5.32 Å². The first-order chi connectivity index (χ1) is 9.36. The molecule has 1 saturated heterocycles. The van der Waals surface area contributed by atoms with Gasteiger partial charge in [0.1, 0.15) is 0 Å². The Labute approximate surface area is 115 Å². The molecular weight excluding hydrogens is 236 g/mol. The first-order valence-electron chi connectivity index (χ1n) is 7.64. The summed E-state index contributed by atoms with van der Waals surface area (Å²) >= 11 is 0. The summed E-state index contributed by atoms with van der Waals surface area (Å²) < 4.78 is 6.29. The first-order valence-corrected chi connectivity index (χ1v) is 7.64. The average molecular weight is 260 g/mol. The van der Waals surface area contributed by atoms with Crippen molar-refractivity contribution in [3.05, 3.63) is 30.1 Å². The molecule has 104 valence electrons. The maximum Gasteiger partial charge on any atom is 0.0708 e. The summed E-state index contributed by atoms with van der Waals surface area (Å²) in [6.07, 6.45) is 13.1. The number of nitrogens with zero attached hydrogens (tertiary/aromatic N) is 1.